The Kier molecular flexibility index (Phi) is 6.11. The van der Waals surface area contributed by atoms with Gasteiger partial charge in [-0.05, 0) is 47.8 Å². The Morgan fingerprint density at radius 2 is 1.77 bits per heavy atom. The van der Waals surface area contributed by atoms with Crippen LogP contribution in [0.15, 0.2) is 66.0 Å². The van der Waals surface area contributed by atoms with E-state index in [-0.39, 0.29) is 24.9 Å². The zero-order valence-corrected chi connectivity index (χ0v) is 17.5. The van der Waals surface area contributed by atoms with Crippen molar-refractivity contribution in [3.05, 3.63) is 87.3 Å². The molecule has 2 heterocycles. The Labute approximate surface area is 182 Å². The molecule has 2 amide bonds. The molecule has 4 aromatic rings. The maximum Gasteiger partial charge on any atom is 0.251 e. The van der Waals surface area contributed by atoms with Gasteiger partial charge in [-0.15, -0.1) is 11.3 Å². The molecule has 152 valence electrons. The van der Waals surface area contributed by atoms with Crippen LogP contribution in [0.1, 0.15) is 21.1 Å². The van der Waals surface area contributed by atoms with Crippen molar-refractivity contribution in [2.45, 2.75) is 19.6 Å². The first-order chi connectivity index (χ1) is 14.6. The fourth-order valence-electron chi connectivity index (χ4n) is 3.10. The minimum absolute atomic E-state index is 0.114. The Hall–Kier alpha value is -3.16. The van der Waals surface area contributed by atoms with Crippen LogP contribution in [0.5, 0.6) is 0 Å². The summed E-state index contributed by atoms with van der Waals surface area (Å²) >= 11 is 7.48. The third-order valence-corrected chi connectivity index (χ3v) is 5.72. The van der Waals surface area contributed by atoms with Crippen LogP contribution < -0.4 is 10.6 Å². The van der Waals surface area contributed by atoms with E-state index in [9.17, 15) is 9.59 Å². The molecular formula is C22H19ClN4O2S. The molecule has 0 fully saturated rings. The van der Waals surface area contributed by atoms with Crippen molar-refractivity contribution in [2.24, 2.45) is 0 Å². The van der Waals surface area contributed by atoms with Gasteiger partial charge in [-0.2, -0.15) is 0 Å². The predicted octanol–water partition coefficient (Wildman–Crippen LogP) is 4.00. The maximum atomic E-state index is 12.5. The first-order valence-electron chi connectivity index (χ1n) is 9.37. The average Bonchev–Trinajstić information content (AvgIpc) is 3.39. The van der Waals surface area contributed by atoms with E-state index in [2.05, 4.69) is 15.6 Å². The van der Waals surface area contributed by atoms with Gasteiger partial charge < -0.3 is 15.2 Å². The Morgan fingerprint density at radius 3 is 2.53 bits per heavy atom. The second-order valence-corrected chi connectivity index (χ2v) is 8.12. The van der Waals surface area contributed by atoms with Crippen LogP contribution in [0.3, 0.4) is 0 Å². The van der Waals surface area contributed by atoms with Crippen molar-refractivity contribution >= 4 is 45.8 Å². The highest BCUT2D eigenvalue weighted by molar-refractivity contribution is 7.09. The van der Waals surface area contributed by atoms with Crippen LogP contribution in [-0.4, -0.2) is 21.4 Å². The van der Waals surface area contributed by atoms with E-state index in [0.717, 1.165) is 15.9 Å². The van der Waals surface area contributed by atoms with Gasteiger partial charge in [-0.3, -0.25) is 9.59 Å². The van der Waals surface area contributed by atoms with E-state index < -0.39 is 0 Å². The number of nitrogens with zero attached hydrogens (tertiary/aromatic N) is 2. The molecule has 2 aromatic heterocycles. The van der Waals surface area contributed by atoms with Crippen molar-refractivity contribution in [3.8, 4) is 0 Å². The molecule has 0 unspecified atom stereocenters. The van der Waals surface area contributed by atoms with Gasteiger partial charge in [0.25, 0.3) is 5.91 Å². The summed E-state index contributed by atoms with van der Waals surface area (Å²) in [6.07, 6.45) is 0. The number of para-hydroxylation sites is 2. The van der Waals surface area contributed by atoms with Crippen LogP contribution >= 0.6 is 22.9 Å². The molecule has 30 heavy (non-hydrogen) atoms. The number of carbonyl (C=O) groups is 2. The van der Waals surface area contributed by atoms with E-state index in [1.54, 1.807) is 35.6 Å². The number of thiophene rings is 1. The van der Waals surface area contributed by atoms with Gasteiger partial charge >= 0.3 is 0 Å². The number of fused-ring (bicyclic) bond motifs is 1. The molecule has 2 N–H and O–H groups in total. The van der Waals surface area contributed by atoms with Gasteiger partial charge in [0.05, 0.1) is 24.1 Å². The lowest BCUT2D eigenvalue weighted by atomic mass is 10.2. The van der Waals surface area contributed by atoms with Crippen molar-refractivity contribution in [1.29, 1.82) is 0 Å². The summed E-state index contributed by atoms with van der Waals surface area (Å²) in [5.41, 5.74) is 2.13. The number of amides is 2. The Balaban J connectivity index is 1.49. The lowest BCUT2D eigenvalue weighted by Gasteiger charge is -2.11. The second-order valence-electron chi connectivity index (χ2n) is 6.65. The summed E-state index contributed by atoms with van der Waals surface area (Å²) in [5.74, 6) is 0.272. The van der Waals surface area contributed by atoms with Gasteiger partial charge in [0.2, 0.25) is 5.91 Å². The second kappa shape index (κ2) is 9.11. The topological polar surface area (TPSA) is 76.0 Å². The fourth-order valence-corrected chi connectivity index (χ4v) is 3.87. The van der Waals surface area contributed by atoms with Gasteiger partial charge in [-0.1, -0.05) is 29.8 Å². The number of hydrogen-bond acceptors (Lipinski definition) is 4. The van der Waals surface area contributed by atoms with Crippen LogP contribution in [0.4, 0.5) is 0 Å². The number of aromatic nitrogens is 2. The zero-order chi connectivity index (χ0) is 20.9. The molecule has 0 aliphatic carbocycles. The number of nitrogens with one attached hydrogen (secondary N) is 2. The van der Waals surface area contributed by atoms with Gasteiger partial charge in [-0.25, -0.2) is 4.98 Å². The zero-order valence-electron chi connectivity index (χ0n) is 16.0. The molecule has 4 rings (SSSR count). The van der Waals surface area contributed by atoms with E-state index in [1.807, 2.05) is 46.3 Å². The molecule has 0 saturated heterocycles. The molecule has 0 saturated carbocycles. The quantitative estimate of drug-likeness (QED) is 0.458. The van der Waals surface area contributed by atoms with Crippen LogP contribution in [-0.2, 0) is 24.4 Å². The molecule has 0 bridgehead atoms. The number of rotatable bonds is 7. The largest absolute Gasteiger partial charge is 0.350 e. The number of imidazole rings is 1. The normalized spacial score (nSPS) is 10.8. The summed E-state index contributed by atoms with van der Waals surface area (Å²) in [6, 6.07) is 18.2. The van der Waals surface area contributed by atoms with E-state index in [1.165, 1.54) is 0 Å². The third kappa shape index (κ3) is 4.69. The van der Waals surface area contributed by atoms with Crippen molar-refractivity contribution in [3.63, 3.8) is 0 Å². The smallest absolute Gasteiger partial charge is 0.251 e. The van der Waals surface area contributed by atoms with Gasteiger partial charge in [0.15, 0.2) is 0 Å². The standard InChI is InChI=1S/C22H19ClN4O2S/c23-16-9-7-15(8-10-16)22(29)25-13-20-26-18-5-1-2-6-19(18)27(20)14-21(28)24-12-17-4-3-11-30-17/h1-11H,12-14H2,(H,24,28)(H,25,29). The molecule has 0 spiro atoms. The molecule has 8 heteroatoms. The number of halogens is 1. The molecule has 0 radical (unpaired) electrons. The van der Waals surface area contributed by atoms with Gasteiger partial charge in [0.1, 0.15) is 12.4 Å². The van der Waals surface area contributed by atoms with Crippen LogP contribution in [0.25, 0.3) is 11.0 Å². The molecule has 2 aromatic carbocycles. The van der Waals surface area contributed by atoms with Crippen molar-refractivity contribution in [1.82, 2.24) is 20.2 Å². The number of hydrogen-bond donors (Lipinski definition) is 2. The minimum Gasteiger partial charge on any atom is -0.350 e. The summed E-state index contributed by atoms with van der Waals surface area (Å²) in [7, 11) is 0. The third-order valence-electron chi connectivity index (χ3n) is 4.59. The number of carbonyl (C=O) groups excluding carboxylic acids is 2. The molecule has 6 nitrogen and oxygen atoms in total. The maximum absolute atomic E-state index is 12.5. The molecule has 0 aliphatic heterocycles. The summed E-state index contributed by atoms with van der Waals surface area (Å²) in [6.45, 7) is 0.818. The molecule has 0 aliphatic rings. The predicted molar refractivity (Wildman–Crippen MR) is 119 cm³/mol. The molecular weight excluding hydrogens is 420 g/mol. The summed E-state index contributed by atoms with van der Waals surface area (Å²) in [4.78, 5) is 30.7. The minimum atomic E-state index is -0.229. The Bertz CT molecular complexity index is 1170. The monoisotopic (exact) mass is 438 g/mol. The SMILES string of the molecule is O=C(Cn1c(CNC(=O)c2ccc(Cl)cc2)nc2ccccc21)NCc1cccs1. The van der Waals surface area contributed by atoms with E-state index in [4.69, 9.17) is 11.6 Å². The first kappa shape index (κ1) is 20.1. The van der Waals surface area contributed by atoms with E-state index >= 15 is 0 Å². The lowest BCUT2D eigenvalue weighted by Crippen LogP contribution is -2.29. The highest BCUT2D eigenvalue weighted by Gasteiger charge is 2.15. The summed E-state index contributed by atoms with van der Waals surface area (Å²) < 4.78 is 1.83. The Morgan fingerprint density at radius 1 is 0.967 bits per heavy atom. The van der Waals surface area contributed by atoms with Crippen LogP contribution in [0.2, 0.25) is 5.02 Å². The highest BCUT2D eigenvalue weighted by atomic mass is 35.5. The first-order valence-corrected chi connectivity index (χ1v) is 10.6. The van der Waals surface area contributed by atoms with Crippen molar-refractivity contribution < 1.29 is 9.59 Å². The fraction of sp³-hybridized carbons (Fsp3) is 0.136. The van der Waals surface area contributed by atoms with Crippen molar-refractivity contribution in [2.75, 3.05) is 0 Å². The van der Waals surface area contributed by atoms with Gasteiger partial charge in [0, 0.05) is 15.5 Å². The summed E-state index contributed by atoms with van der Waals surface area (Å²) in [5, 5.41) is 8.35. The lowest BCUT2D eigenvalue weighted by molar-refractivity contribution is -0.121. The average molecular weight is 439 g/mol. The number of benzene rings is 2. The molecule has 0 atom stereocenters. The highest BCUT2D eigenvalue weighted by Crippen LogP contribution is 2.17. The van der Waals surface area contributed by atoms with Crippen LogP contribution in [0, 0.1) is 0 Å². The van der Waals surface area contributed by atoms with E-state index in [0.29, 0.717) is 23.0 Å².